The molecular weight excluding hydrogens is 570 g/mol. The molecule has 43 heavy (non-hydrogen) atoms. The van der Waals surface area contributed by atoms with Crippen LogP contribution in [0.5, 0.6) is 5.75 Å². The van der Waals surface area contributed by atoms with Crippen molar-refractivity contribution in [3.8, 4) is 5.75 Å². The van der Waals surface area contributed by atoms with E-state index >= 15 is 0 Å². The molecule has 0 bridgehead atoms. The van der Waals surface area contributed by atoms with Gasteiger partial charge in [-0.3, -0.25) is 10.1 Å². The number of aromatic nitrogens is 4. The minimum absolute atomic E-state index is 0.0383. The number of nitro groups is 1. The average molecular weight is 600 g/mol. The lowest BCUT2D eigenvalue weighted by Crippen LogP contribution is -2.47. The summed E-state index contributed by atoms with van der Waals surface area (Å²) >= 11 is 1.58. The van der Waals surface area contributed by atoms with Crippen LogP contribution in [0.15, 0.2) is 84.8 Å². The Morgan fingerprint density at radius 2 is 1.86 bits per heavy atom. The Morgan fingerprint density at radius 1 is 1.05 bits per heavy atom. The van der Waals surface area contributed by atoms with E-state index in [0.29, 0.717) is 38.7 Å². The second kappa shape index (κ2) is 11.6. The molecule has 5 aromatic rings. The molecule has 2 fully saturated rings. The zero-order chi connectivity index (χ0) is 29.2. The molecule has 0 N–H and O–H groups in total. The van der Waals surface area contributed by atoms with Crippen LogP contribution in [0.25, 0.3) is 10.9 Å². The number of para-hydroxylation sites is 1. The first-order valence-electron chi connectivity index (χ1n) is 14.0. The van der Waals surface area contributed by atoms with Gasteiger partial charge in [0.2, 0.25) is 11.6 Å². The van der Waals surface area contributed by atoms with Crippen LogP contribution in [0.2, 0.25) is 0 Å². The molecule has 2 saturated heterocycles. The van der Waals surface area contributed by atoms with E-state index in [9.17, 15) is 10.1 Å². The van der Waals surface area contributed by atoms with Crippen LogP contribution >= 0.6 is 11.3 Å². The predicted octanol–water partition coefficient (Wildman–Crippen LogP) is 4.47. The van der Waals surface area contributed by atoms with E-state index < -0.39 is 5.79 Å². The fourth-order valence-electron chi connectivity index (χ4n) is 5.54. The summed E-state index contributed by atoms with van der Waals surface area (Å²) in [5, 5.41) is 18.8. The number of thiophene rings is 1. The van der Waals surface area contributed by atoms with Gasteiger partial charge in [-0.05, 0) is 41.8 Å². The van der Waals surface area contributed by atoms with Gasteiger partial charge in [0.15, 0.2) is 0 Å². The van der Waals surface area contributed by atoms with Crippen molar-refractivity contribution in [1.29, 1.82) is 0 Å². The summed E-state index contributed by atoms with van der Waals surface area (Å²) in [5.41, 5.74) is 1.86. The summed E-state index contributed by atoms with van der Waals surface area (Å²) in [5.74, 6) is 0.242. The van der Waals surface area contributed by atoms with Crippen LogP contribution in [-0.4, -0.2) is 70.2 Å². The zero-order valence-corrected chi connectivity index (χ0v) is 24.0. The summed E-state index contributed by atoms with van der Waals surface area (Å²) in [7, 11) is 0. The molecule has 2 aromatic carbocycles. The van der Waals surface area contributed by atoms with Gasteiger partial charge in [-0.2, -0.15) is 5.10 Å². The van der Waals surface area contributed by atoms with Crippen molar-refractivity contribution in [2.45, 2.75) is 18.4 Å². The highest BCUT2D eigenvalue weighted by atomic mass is 32.1. The number of ether oxygens (including phenoxy) is 3. The van der Waals surface area contributed by atoms with Gasteiger partial charge >= 0.3 is 5.69 Å². The fraction of sp³-hybridized carbons (Fsp3) is 0.300. The van der Waals surface area contributed by atoms with E-state index in [2.05, 4.69) is 20.0 Å². The fourth-order valence-corrected chi connectivity index (χ4v) is 6.35. The molecule has 0 radical (unpaired) electrons. The van der Waals surface area contributed by atoms with Crippen molar-refractivity contribution in [3.63, 3.8) is 0 Å². The van der Waals surface area contributed by atoms with E-state index in [-0.39, 0.29) is 16.7 Å². The standard InChI is InChI=1S/C30H29N7O5S/c38-37(39)27-16-22-4-1-2-5-26(22)33-29(27)35-13-11-34(12-14-35)23-7-9-24(10-8-23)40-17-25-18-41-30(42-25,28-6-3-15-43-28)19-36-21-31-20-32-36/h1-10,15-16,20-21,25H,11-14,17-19H2. The quantitative estimate of drug-likeness (QED) is 0.177. The van der Waals surface area contributed by atoms with Crippen molar-refractivity contribution >= 4 is 39.4 Å². The van der Waals surface area contributed by atoms with Gasteiger partial charge in [-0.1, -0.05) is 24.3 Å². The number of rotatable bonds is 9. The van der Waals surface area contributed by atoms with Crippen LogP contribution in [0.1, 0.15) is 4.88 Å². The summed E-state index contributed by atoms with van der Waals surface area (Å²) in [6, 6.07) is 21.1. The summed E-state index contributed by atoms with van der Waals surface area (Å²) in [4.78, 5) is 25.4. The van der Waals surface area contributed by atoms with Crippen molar-refractivity contribution in [1.82, 2.24) is 19.7 Å². The van der Waals surface area contributed by atoms with Crippen LogP contribution in [-0.2, 0) is 21.8 Å². The van der Waals surface area contributed by atoms with Gasteiger partial charge in [-0.15, -0.1) is 11.3 Å². The Labute approximate surface area is 251 Å². The third kappa shape index (κ3) is 5.61. The maximum absolute atomic E-state index is 11.8. The normalized spacial score (nSPS) is 20.5. The number of anilines is 2. The number of nitrogens with zero attached hydrogens (tertiary/aromatic N) is 7. The third-order valence-corrected chi connectivity index (χ3v) is 8.69. The molecule has 12 nitrogen and oxygen atoms in total. The van der Waals surface area contributed by atoms with E-state index in [1.54, 1.807) is 28.4 Å². The topological polar surface area (TPSA) is 121 Å². The van der Waals surface area contributed by atoms with Gasteiger partial charge in [0.1, 0.15) is 37.7 Å². The molecule has 0 saturated carbocycles. The number of benzene rings is 2. The molecule has 220 valence electrons. The Morgan fingerprint density at radius 3 is 2.60 bits per heavy atom. The summed E-state index contributed by atoms with van der Waals surface area (Å²) in [6.07, 6.45) is 2.90. The highest BCUT2D eigenvalue weighted by molar-refractivity contribution is 7.10. The molecule has 13 heteroatoms. The van der Waals surface area contributed by atoms with E-state index in [4.69, 9.17) is 14.2 Å². The summed E-state index contributed by atoms with van der Waals surface area (Å²) in [6.45, 7) is 3.84. The Hall–Kier alpha value is -4.59. The molecule has 2 atom stereocenters. The van der Waals surface area contributed by atoms with Crippen LogP contribution < -0.4 is 14.5 Å². The first kappa shape index (κ1) is 27.3. The molecule has 5 heterocycles. The number of fused-ring (bicyclic) bond motifs is 1. The van der Waals surface area contributed by atoms with E-state index in [0.717, 1.165) is 40.3 Å². The van der Waals surface area contributed by atoms with Crippen molar-refractivity contribution in [2.75, 3.05) is 49.2 Å². The second-order valence-corrected chi connectivity index (χ2v) is 11.4. The van der Waals surface area contributed by atoms with Gasteiger partial charge in [0.25, 0.3) is 0 Å². The number of pyridine rings is 1. The second-order valence-electron chi connectivity index (χ2n) is 10.4. The molecule has 3 aromatic heterocycles. The van der Waals surface area contributed by atoms with E-state index in [1.165, 1.54) is 6.33 Å². The van der Waals surface area contributed by atoms with Gasteiger partial charge in [-0.25, -0.2) is 14.6 Å². The molecule has 0 spiro atoms. The number of hydrogen-bond acceptors (Lipinski definition) is 11. The molecule has 0 amide bonds. The van der Waals surface area contributed by atoms with Crippen LogP contribution in [0.3, 0.4) is 0 Å². The lowest BCUT2D eigenvalue weighted by molar-refractivity contribution is -0.384. The molecule has 2 aliphatic heterocycles. The molecule has 2 aliphatic rings. The summed E-state index contributed by atoms with van der Waals surface area (Å²) < 4.78 is 20.4. The van der Waals surface area contributed by atoms with Gasteiger partial charge < -0.3 is 24.0 Å². The van der Waals surface area contributed by atoms with Gasteiger partial charge in [0, 0.05) is 43.3 Å². The highest BCUT2D eigenvalue weighted by Gasteiger charge is 2.45. The molecule has 0 aliphatic carbocycles. The SMILES string of the molecule is O=[N+]([O-])c1cc2ccccc2nc1N1CCN(c2ccc(OCC3COC(Cn4cncn4)(c4cccs4)O3)cc2)CC1. The van der Waals surface area contributed by atoms with Crippen LogP contribution in [0.4, 0.5) is 17.2 Å². The van der Waals surface area contributed by atoms with Crippen molar-refractivity contribution < 1.29 is 19.1 Å². The highest BCUT2D eigenvalue weighted by Crippen LogP contribution is 2.38. The first-order valence-corrected chi connectivity index (χ1v) is 14.9. The maximum Gasteiger partial charge on any atom is 0.312 e. The number of hydrogen-bond donors (Lipinski definition) is 0. The van der Waals surface area contributed by atoms with Crippen molar-refractivity contribution in [2.24, 2.45) is 0 Å². The lowest BCUT2D eigenvalue weighted by atomic mass is 10.2. The number of piperazine rings is 1. The van der Waals surface area contributed by atoms with Gasteiger partial charge in [0.05, 0.1) is 21.9 Å². The minimum Gasteiger partial charge on any atom is -0.491 e. The smallest absolute Gasteiger partial charge is 0.312 e. The molecule has 7 rings (SSSR count). The first-order chi connectivity index (χ1) is 21.1. The minimum atomic E-state index is -0.926. The predicted molar refractivity (Wildman–Crippen MR) is 162 cm³/mol. The van der Waals surface area contributed by atoms with Crippen LogP contribution in [0, 0.1) is 10.1 Å². The lowest BCUT2D eigenvalue weighted by Gasteiger charge is -2.36. The maximum atomic E-state index is 11.8. The van der Waals surface area contributed by atoms with Crippen molar-refractivity contribution in [3.05, 3.63) is 99.8 Å². The monoisotopic (exact) mass is 599 g/mol. The van der Waals surface area contributed by atoms with E-state index in [1.807, 2.05) is 70.9 Å². The Balaban J connectivity index is 0.957. The Bertz CT molecular complexity index is 1690. The Kier molecular flexibility index (Phi) is 7.35. The average Bonchev–Trinajstić information content (AvgIpc) is 3.84. The largest absolute Gasteiger partial charge is 0.491 e. The molecular formula is C30H29N7O5S. The molecule has 2 unspecified atom stereocenters. The zero-order valence-electron chi connectivity index (χ0n) is 23.2. The third-order valence-electron chi connectivity index (χ3n) is 7.69.